The summed E-state index contributed by atoms with van der Waals surface area (Å²) in [6.45, 7) is 0.970. The summed E-state index contributed by atoms with van der Waals surface area (Å²) in [4.78, 5) is 51.2. The Morgan fingerprint density at radius 2 is 1.73 bits per heavy atom. The highest BCUT2D eigenvalue weighted by Crippen LogP contribution is 2.14. The van der Waals surface area contributed by atoms with Gasteiger partial charge in [-0.05, 0) is 43.7 Å². The Balaban J connectivity index is 2.71. The van der Waals surface area contributed by atoms with Gasteiger partial charge in [-0.1, -0.05) is 41.4 Å². The molecule has 4 amide bonds. The summed E-state index contributed by atoms with van der Waals surface area (Å²) in [6.07, 6.45) is 0.555. The largest absolute Gasteiger partial charge is 0.471 e. The Bertz CT molecular complexity index is 1020. The first kappa shape index (κ1) is 30.8. The Labute approximate surface area is 211 Å². The maximum Gasteiger partial charge on any atom is 0.471 e. The Hall–Kier alpha value is -4.24. The molecule has 0 aliphatic carbocycles. The lowest BCUT2D eigenvalue weighted by Gasteiger charge is -2.22. The third-order valence-corrected chi connectivity index (χ3v) is 4.98. The van der Waals surface area contributed by atoms with E-state index < -0.39 is 47.9 Å². The van der Waals surface area contributed by atoms with Gasteiger partial charge in [0.2, 0.25) is 17.7 Å². The van der Waals surface area contributed by atoms with Crippen LogP contribution in [0.4, 0.5) is 13.2 Å². The summed E-state index contributed by atoms with van der Waals surface area (Å²) < 4.78 is 36.7. The first-order valence-corrected chi connectivity index (χ1v) is 11.2. The number of alkyl halides is 3. The number of terminal acetylenes is 1. The number of carbonyl (C=O) groups excluding carboxylic acids is 4. The zero-order valence-electron chi connectivity index (χ0n) is 20.0. The molecule has 200 valence electrons. The number of hydrogen-bond donors (Lipinski definition) is 4. The van der Waals surface area contributed by atoms with Crippen LogP contribution in [0, 0.1) is 12.3 Å². The monoisotopic (exact) mass is 523 g/mol. The first-order valence-electron chi connectivity index (χ1n) is 11.2. The third-order valence-electron chi connectivity index (χ3n) is 4.98. The smallest absolute Gasteiger partial charge is 0.348 e. The second kappa shape index (κ2) is 15.7. The zero-order valence-corrected chi connectivity index (χ0v) is 20.0. The van der Waals surface area contributed by atoms with Gasteiger partial charge in [-0.3, -0.25) is 19.2 Å². The van der Waals surface area contributed by atoms with Crippen LogP contribution in [0.5, 0.6) is 0 Å². The molecule has 0 heterocycles. The van der Waals surface area contributed by atoms with Crippen LogP contribution in [0.3, 0.4) is 0 Å². The zero-order chi connectivity index (χ0) is 27.8. The number of halogens is 3. The number of nitrogens with one attached hydrogen (secondary N) is 4. The normalized spacial score (nSPS) is 13.1. The van der Waals surface area contributed by atoms with Gasteiger partial charge in [-0.15, -0.1) is 6.42 Å². The highest BCUT2D eigenvalue weighted by Gasteiger charge is 2.38. The molecule has 37 heavy (non-hydrogen) atoms. The lowest BCUT2D eigenvalue weighted by atomic mass is 10.1. The number of nitrogens with zero attached hydrogens (tertiary/aromatic N) is 3. The Morgan fingerprint density at radius 3 is 2.32 bits per heavy atom. The molecule has 0 saturated heterocycles. The summed E-state index contributed by atoms with van der Waals surface area (Å²) in [5.74, 6) is -1.91. The summed E-state index contributed by atoms with van der Waals surface area (Å²) in [5.41, 5.74) is 9.55. The Morgan fingerprint density at radius 1 is 1.05 bits per heavy atom. The molecular formula is C23H28F3N7O4. The summed E-state index contributed by atoms with van der Waals surface area (Å²) in [5, 5.41) is 12.5. The average Bonchev–Trinajstić information content (AvgIpc) is 2.85. The molecule has 14 heteroatoms. The number of hydrogen-bond acceptors (Lipinski definition) is 5. The van der Waals surface area contributed by atoms with Gasteiger partial charge in [0.15, 0.2) is 0 Å². The van der Waals surface area contributed by atoms with Crippen molar-refractivity contribution in [1.82, 2.24) is 21.3 Å². The van der Waals surface area contributed by atoms with E-state index in [-0.39, 0.29) is 38.8 Å². The minimum atomic E-state index is -5.00. The third kappa shape index (κ3) is 11.8. The molecule has 4 N–H and O–H groups in total. The fourth-order valence-corrected chi connectivity index (χ4v) is 3.06. The van der Waals surface area contributed by atoms with Crippen LogP contribution in [0.2, 0.25) is 0 Å². The summed E-state index contributed by atoms with van der Waals surface area (Å²) in [7, 11) is 0. The molecule has 3 atom stereocenters. The van der Waals surface area contributed by atoms with E-state index >= 15 is 0 Å². The van der Waals surface area contributed by atoms with Crippen molar-refractivity contribution < 1.29 is 32.3 Å². The molecule has 1 aromatic carbocycles. The number of amides is 4. The van der Waals surface area contributed by atoms with Gasteiger partial charge in [0.05, 0.1) is 6.54 Å². The average molecular weight is 524 g/mol. The van der Waals surface area contributed by atoms with E-state index in [9.17, 15) is 32.3 Å². The van der Waals surface area contributed by atoms with E-state index in [2.05, 4.69) is 31.9 Å². The molecule has 0 saturated carbocycles. The second-order valence-electron chi connectivity index (χ2n) is 7.87. The second-order valence-corrected chi connectivity index (χ2v) is 7.87. The van der Waals surface area contributed by atoms with Crippen molar-refractivity contribution in [3.63, 3.8) is 0 Å². The van der Waals surface area contributed by atoms with Gasteiger partial charge < -0.3 is 21.3 Å². The maximum atomic E-state index is 12.7. The van der Waals surface area contributed by atoms with Crippen LogP contribution in [0.1, 0.15) is 31.7 Å². The van der Waals surface area contributed by atoms with Crippen LogP contribution in [0.15, 0.2) is 35.4 Å². The molecule has 0 bridgehead atoms. The van der Waals surface area contributed by atoms with E-state index in [0.717, 1.165) is 5.56 Å². The van der Waals surface area contributed by atoms with Crippen molar-refractivity contribution in [1.29, 1.82) is 0 Å². The van der Waals surface area contributed by atoms with Crippen LogP contribution in [0.25, 0.3) is 10.4 Å². The van der Waals surface area contributed by atoms with E-state index in [1.165, 1.54) is 6.92 Å². The van der Waals surface area contributed by atoms with Crippen LogP contribution >= 0.6 is 0 Å². The van der Waals surface area contributed by atoms with Crippen molar-refractivity contribution in [3.8, 4) is 12.3 Å². The minimum absolute atomic E-state index is 0.0278. The van der Waals surface area contributed by atoms with Gasteiger partial charge in [0.25, 0.3) is 0 Å². The van der Waals surface area contributed by atoms with Crippen LogP contribution in [-0.4, -0.2) is 61.0 Å². The molecule has 11 nitrogen and oxygen atoms in total. The van der Waals surface area contributed by atoms with Crippen molar-refractivity contribution in [2.24, 2.45) is 5.11 Å². The molecule has 0 radical (unpaired) electrons. The van der Waals surface area contributed by atoms with E-state index in [1.54, 1.807) is 35.6 Å². The van der Waals surface area contributed by atoms with Crippen LogP contribution < -0.4 is 21.3 Å². The first-order chi connectivity index (χ1) is 17.5. The number of benzene rings is 1. The minimum Gasteiger partial charge on any atom is -0.348 e. The number of rotatable bonds is 14. The molecule has 0 aliphatic rings. The molecule has 0 aliphatic heterocycles. The van der Waals surface area contributed by atoms with Crippen molar-refractivity contribution in [2.75, 3.05) is 13.1 Å². The molecule has 0 unspecified atom stereocenters. The molecule has 1 aromatic rings. The van der Waals surface area contributed by atoms with Crippen LogP contribution in [-0.2, 0) is 25.6 Å². The van der Waals surface area contributed by atoms with Crippen molar-refractivity contribution >= 4 is 23.6 Å². The summed E-state index contributed by atoms with van der Waals surface area (Å²) >= 11 is 0. The molecule has 0 aromatic heterocycles. The van der Waals surface area contributed by atoms with Gasteiger partial charge in [0.1, 0.15) is 18.1 Å². The standard InChI is InChI=1S/C23H28F3N7O4/c1-3-12-28-20(35)17(11-7-8-13-29-22(37)23(24,25)26)31-19(34)15(2)30-21(36)18(32-33-27)14-16-9-5-4-6-10-16/h1,4-6,9-10,15,17-18H,7-8,11-14H2,2H3,(H,28,35)(H,29,37)(H,30,36)(H,31,34)/t15-,17-,18-/m0/s1. The molecule has 0 spiro atoms. The predicted octanol–water partition coefficient (Wildman–Crippen LogP) is 1.50. The topological polar surface area (TPSA) is 165 Å². The quantitative estimate of drug-likeness (QED) is 0.0955. The maximum absolute atomic E-state index is 12.7. The van der Waals surface area contributed by atoms with Gasteiger partial charge in [0, 0.05) is 11.5 Å². The molecule has 0 fully saturated rings. The van der Waals surface area contributed by atoms with Crippen molar-refractivity contribution in [3.05, 3.63) is 46.3 Å². The lowest BCUT2D eigenvalue weighted by Crippen LogP contribution is -2.54. The molecular weight excluding hydrogens is 495 g/mol. The number of azide groups is 1. The highest BCUT2D eigenvalue weighted by atomic mass is 19.4. The fourth-order valence-electron chi connectivity index (χ4n) is 3.06. The number of carbonyl (C=O) groups is 4. The van der Waals surface area contributed by atoms with Crippen molar-refractivity contribution in [2.45, 2.75) is 56.9 Å². The summed E-state index contributed by atoms with van der Waals surface area (Å²) in [6, 6.07) is 5.45. The number of unbranched alkanes of at least 4 members (excludes halogenated alkanes) is 1. The predicted molar refractivity (Wildman–Crippen MR) is 127 cm³/mol. The Kier molecular flexibility index (Phi) is 13.1. The fraction of sp³-hybridized carbons (Fsp3) is 0.478. The van der Waals surface area contributed by atoms with E-state index in [1.807, 2.05) is 0 Å². The SMILES string of the molecule is C#CCNC(=O)[C@H](CCCCNC(=O)C(F)(F)F)NC(=O)[C@H](C)NC(=O)[C@H](Cc1ccccc1)N=[N+]=[N-]. The van der Waals surface area contributed by atoms with Gasteiger partial charge in [-0.25, -0.2) is 0 Å². The molecule has 1 rings (SSSR count). The van der Waals surface area contributed by atoms with Gasteiger partial charge in [-0.2, -0.15) is 13.2 Å². The highest BCUT2D eigenvalue weighted by molar-refractivity contribution is 5.93. The van der Waals surface area contributed by atoms with Gasteiger partial charge >= 0.3 is 12.1 Å². The van der Waals surface area contributed by atoms with E-state index in [0.29, 0.717) is 0 Å². The lowest BCUT2D eigenvalue weighted by molar-refractivity contribution is -0.173. The van der Waals surface area contributed by atoms with E-state index in [4.69, 9.17) is 12.0 Å².